The Morgan fingerprint density at radius 2 is 2.16 bits per heavy atom. The van der Waals surface area contributed by atoms with Crippen molar-refractivity contribution in [3.05, 3.63) is 58.6 Å². The number of hydrogen-bond acceptors (Lipinski definition) is 6. The molecule has 3 aromatic rings. The largest absolute Gasteiger partial charge is 0.497 e. The van der Waals surface area contributed by atoms with Crippen molar-refractivity contribution < 1.29 is 13.9 Å². The summed E-state index contributed by atoms with van der Waals surface area (Å²) >= 11 is 3.15. The summed E-state index contributed by atoms with van der Waals surface area (Å²) in [5.41, 5.74) is 1.72. The van der Waals surface area contributed by atoms with E-state index in [-0.39, 0.29) is 5.91 Å². The minimum atomic E-state index is 0.0253. The monoisotopic (exact) mass is 374 g/mol. The van der Waals surface area contributed by atoms with Crippen molar-refractivity contribution >= 4 is 29.0 Å². The molecule has 1 N–H and O–H groups in total. The molecule has 0 unspecified atom stereocenters. The van der Waals surface area contributed by atoms with Crippen molar-refractivity contribution in [2.45, 2.75) is 12.3 Å². The molecule has 0 bridgehead atoms. The molecule has 130 valence electrons. The summed E-state index contributed by atoms with van der Waals surface area (Å²) in [7, 11) is 1.63. The molecule has 2 heterocycles. The van der Waals surface area contributed by atoms with Crippen LogP contribution in [0.25, 0.3) is 11.5 Å². The molecule has 3 rings (SSSR count). The fourth-order valence-corrected chi connectivity index (χ4v) is 3.51. The van der Waals surface area contributed by atoms with Gasteiger partial charge in [-0.2, -0.15) is 0 Å². The van der Waals surface area contributed by atoms with Crippen molar-refractivity contribution in [3.63, 3.8) is 0 Å². The van der Waals surface area contributed by atoms with E-state index in [1.165, 1.54) is 11.8 Å². The van der Waals surface area contributed by atoms with Gasteiger partial charge in [-0.25, -0.2) is 4.98 Å². The smallest absolute Gasteiger partial charge is 0.230 e. The lowest BCUT2D eigenvalue weighted by Gasteiger charge is -2.02. The number of nitrogens with one attached hydrogen (secondary N) is 1. The van der Waals surface area contributed by atoms with E-state index in [2.05, 4.69) is 10.3 Å². The Morgan fingerprint density at radius 3 is 2.88 bits per heavy atom. The zero-order valence-electron chi connectivity index (χ0n) is 13.7. The summed E-state index contributed by atoms with van der Waals surface area (Å²) in [6.07, 6.45) is 1.64. The molecule has 1 amide bonds. The summed E-state index contributed by atoms with van der Waals surface area (Å²) in [4.78, 5) is 17.4. The van der Waals surface area contributed by atoms with Crippen LogP contribution in [0.4, 0.5) is 0 Å². The number of nitrogens with zero attached hydrogens (tertiary/aromatic N) is 1. The molecule has 2 aromatic heterocycles. The number of thiophene rings is 1. The average Bonchev–Trinajstić information content (AvgIpc) is 3.32. The lowest BCUT2D eigenvalue weighted by atomic mass is 10.2. The highest BCUT2D eigenvalue weighted by Crippen LogP contribution is 2.23. The molecule has 0 atom stereocenters. The maximum atomic E-state index is 11.8. The minimum Gasteiger partial charge on any atom is -0.497 e. The Hall–Kier alpha value is -2.25. The Morgan fingerprint density at radius 1 is 1.32 bits per heavy atom. The van der Waals surface area contributed by atoms with Gasteiger partial charge in [0.2, 0.25) is 11.8 Å². The molecule has 7 heteroatoms. The molecule has 0 aliphatic heterocycles. The zero-order valence-corrected chi connectivity index (χ0v) is 15.4. The van der Waals surface area contributed by atoms with E-state index >= 15 is 0 Å². The van der Waals surface area contributed by atoms with Gasteiger partial charge in [0.05, 0.1) is 25.1 Å². The molecule has 0 radical (unpaired) electrons. The van der Waals surface area contributed by atoms with E-state index in [1.54, 1.807) is 24.7 Å². The van der Waals surface area contributed by atoms with Crippen molar-refractivity contribution in [1.29, 1.82) is 0 Å². The third-order valence-corrected chi connectivity index (χ3v) is 5.25. The molecule has 0 saturated heterocycles. The molecule has 0 aliphatic rings. The molecule has 1 aromatic carbocycles. The van der Waals surface area contributed by atoms with Crippen LogP contribution in [-0.4, -0.2) is 23.8 Å². The van der Waals surface area contributed by atoms with Gasteiger partial charge in [0, 0.05) is 16.2 Å². The third kappa shape index (κ3) is 5.11. The fraction of sp³-hybridized carbons (Fsp3) is 0.222. The standard InChI is InChI=1S/C18H18N2O3S2/c1-22-15-6-4-13(5-7-15)18-20-14(10-23-18)11-24-12-17(21)19-9-16-3-2-8-25-16/h2-8,10H,9,11-12H2,1H3,(H,19,21). The van der Waals surface area contributed by atoms with Gasteiger partial charge in [0.1, 0.15) is 12.0 Å². The van der Waals surface area contributed by atoms with Crippen LogP contribution in [0.3, 0.4) is 0 Å². The Labute approximate surface area is 154 Å². The molecule has 0 aliphatic carbocycles. The summed E-state index contributed by atoms with van der Waals surface area (Å²) in [6.45, 7) is 0.586. The first kappa shape index (κ1) is 17.6. The average molecular weight is 374 g/mol. The van der Waals surface area contributed by atoms with Gasteiger partial charge in [-0.05, 0) is 35.7 Å². The second kappa shape index (κ2) is 8.73. The van der Waals surface area contributed by atoms with Crippen LogP contribution in [0.2, 0.25) is 0 Å². The second-order valence-electron chi connectivity index (χ2n) is 5.22. The van der Waals surface area contributed by atoms with Crippen LogP contribution in [0, 0.1) is 0 Å². The summed E-state index contributed by atoms with van der Waals surface area (Å²) in [5.74, 6) is 2.42. The van der Waals surface area contributed by atoms with E-state index in [9.17, 15) is 4.79 Å². The predicted molar refractivity (Wildman–Crippen MR) is 101 cm³/mol. The number of carbonyl (C=O) groups excluding carboxylic acids is 1. The maximum Gasteiger partial charge on any atom is 0.230 e. The molecular weight excluding hydrogens is 356 g/mol. The van der Waals surface area contributed by atoms with E-state index in [1.807, 2.05) is 41.8 Å². The lowest BCUT2D eigenvalue weighted by molar-refractivity contribution is -0.118. The van der Waals surface area contributed by atoms with Crippen molar-refractivity contribution in [2.24, 2.45) is 0 Å². The Balaban J connectivity index is 1.44. The highest BCUT2D eigenvalue weighted by atomic mass is 32.2. The number of benzene rings is 1. The van der Waals surface area contributed by atoms with Gasteiger partial charge in [-0.1, -0.05) is 6.07 Å². The minimum absolute atomic E-state index is 0.0253. The number of carbonyl (C=O) groups is 1. The van der Waals surface area contributed by atoms with E-state index in [0.717, 1.165) is 21.9 Å². The van der Waals surface area contributed by atoms with Gasteiger partial charge in [0.25, 0.3) is 0 Å². The highest BCUT2D eigenvalue weighted by molar-refractivity contribution is 7.99. The number of methoxy groups -OCH3 is 1. The van der Waals surface area contributed by atoms with Gasteiger partial charge >= 0.3 is 0 Å². The van der Waals surface area contributed by atoms with Gasteiger partial charge < -0.3 is 14.5 Å². The van der Waals surface area contributed by atoms with Gasteiger partial charge in [-0.15, -0.1) is 23.1 Å². The fourth-order valence-electron chi connectivity index (χ4n) is 2.14. The van der Waals surface area contributed by atoms with Crippen molar-refractivity contribution in [3.8, 4) is 17.2 Å². The van der Waals surface area contributed by atoms with Crippen LogP contribution in [0.1, 0.15) is 10.6 Å². The van der Waals surface area contributed by atoms with Gasteiger partial charge in [0.15, 0.2) is 0 Å². The first-order valence-electron chi connectivity index (χ1n) is 7.70. The molecule has 0 saturated carbocycles. The highest BCUT2D eigenvalue weighted by Gasteiger charge is 2.08. The number of amides is 1. The van der Waals surface area contributed by atoms with Crippen LogP contribution < -0.4 is 10.1 Å². The molecular formula is C18H18N2O3S2. The lowest BCUT2D eigenvalue weighted by Crippen LogP contribution is -2.24. The SMILES string of the molecule is COc1ccc(-c2nc(CSCC(=O)NCc3cccs3)co2)cc1. The Bertz CT molecular complexity index is 798. The molecule has 0 spiro atoms. The van der Waals surface area contributed by atoms with Crippen LogP contribution >= 0.6 is 23.1 Å². The van der Waals surface area contributed by atoms with Crippen LogP contribution in [0.15, 0.2) is 52.5 Å². The summed E-state index contributed by atoms with van der Waals surface area (Å²) < 4.78 is 10.7. The molecule has 5 nitrogen and oxygen atoms in total. The second-order valence-corrected chi connectivity index (χ2v) is 7.24. The topological polar surface area (TPSA) is 64.4 Å². The first-order valence-corrected chi connectivity index (χ1v) is 9.73. The number of thioether (sulfide) groups is 1. The van der Waals surface area contributed by atoms with Crippen molar-refractivity contribution in [1.82, 2.24) is 10.3 Å². The zero-order chi connectivity index (χ0) is 17.5. The first-order chi connectivity index (χ1) is 12.2. The summed E-state index contributed by atoms with van der Waals surface area (Å²) in [6, 6.07) is 11.5. The number of aromatic nitrogens is 1. The van der Waals surface area contributed by atoms with E-state index in [0.29, 0.717) is 23.9 Å². The normalized spacial score (nSPS) is 10.6. The number of ether oxygens (including phenoxy) is 1. The van der Waals surface area contributed by atoms with E-state index < -0.39 is 0 Å². The maximum absolute atomic E-state index is 11.8. The number of oxazole rings is 1. The van der Waals surface area contributed by atoms with Crippen LogP contribution in [0.5, 0.6) is 5.75 Å². The predicted octanol–water partition coefficient (Wildman–Crippen LogP) is 3.96. The van der Waals surface area contributed by atoms with Gasteiger partial charge in [-0.3, -0.25) is 4.79 Å². The van der Waals surface area contributed by atoms with Crippen LogP contribution in [-0.2, 0) is 17.1 Å². The number of hydrogen-bond donors (Lipinski definition) is 1. The number of rotatable bonds is 8. The van der Waals surface area contributed by atoms with Crippen molar-refractivity contribution in [2.75, 3.05) is 12.9 Å². The third-order valence-electron chi connectivity index (χ3n) is 3.41. The Kier molecular flexibility index (Phi) is 6.14. The molecule has 0 fully saturated rings. The summed E-state index contributed by atoms with van der Waals surface area (Å²) in [5, 5.41) is 4.91. The quantitative estimate of drug-likeness (QED) is 0.646. The van der Waals surface area contributed by atoms with E-state index in [4.69, 9.17) is 9.15 Å². The molecule has 25 heavy (non-hydrogen) atoms.